The minimum atomic E-state index is -1.05. The van der Waals surface area contributed by atoms with Crippen molar-refractivity contribution in [1.29, 1.82) is 0 Å². The predicted octanol–water partition coefficient (Wildman–Crippen LogP) is 1.23. The van der Waals surface area contributed by atoms with Gasteiger partial charge in [0.2, 0.25) is 11.8 Å². The highest BCUT2D eigenvalue weighted by Crippen LogP contribution is 2.28. The Morgan fingerprint density at radius 3 is 2.52 bits per heavy atom. The van der Waals surface area contributed by atoms with E-state index in [1.165, 1.54) is 6.92 Å². The maximum absolute atomic E-state index is 12.0. The predicted molar refractivity (Wildman–Crippen MR) is 89.5 cm³/mol. The summed E-state index contributed by atoms with van der Waals surface area (Å²) in [6.45, 7) is 1.23. The summed E-state index contributed by atoms with van der Waals surface area (Å²) >= 11 is 0. The molecule has 7 nitrogen and oxygen atoms in total. The Labute approximate surface area is 146 Å². The van der Waals surface area contributed by atoms with Crippen molar-refractivity contribution in [1.82, 2.24) is 4.90 Å². The molecule has 1 aromatic rings. The van der Waals surface area contributed by atoms with Crippen molar-refractivity contribution in [2.24, 2.45) is 5.92 Å². The van der Waals surface area contributed by atoms with Gasteiger partial charge >= 0.3 is 0 Å². The van der Waals surface area contributed by atoms with Crippen molar-refractivity contribution >= 4 is 23.4 Å². The smallest absolute Gasteiger partial charge is 0.255 e. The molecule has 2 fully saturated rings. The number of benzene rings is 1. The molecule has 1 aliphatic carbocycles. The van der Waals surface area contributed by atoms with Gasteiger partial charge in [0.1, 0.15) is 12.7 Å². The minimum Gasteiger partial charge on any atom is -0.386 e. The number of carbonyl (C=O) groups excluding carboxylic acids is 3. The number of morpholine rings is 1. The van der Waals surface area contributed by atoms with Gasteiger partial charge in [-0.1, -0.05) is 18.6 Å². The van der Waals surface area contributed by atoms with Gasteiger partial charge in [-0.2, -0.15) is 0 Å². The van der Waals surface area contributed by atoms with Gasteiger partial charge in [-0.3, -0.25) is 19.3 Å². The Hall–Kier alpha value is -2.25. The van der Waals surface area contributed by atoms with Crippen molar-refractivity contribution < 1.29 is 24.2 Å². The monoisotopic (exact) mass is 346 g/mol. The van der Waals surface area contributed by atoms with E-state index in [2.05, 4.69) is 5.32 Å². The lowest BCUT2D eigenvalue weighted by atomic mass is 9.85. The van der Waals surface area contributed by atoms with Crippen LogP contribution in [0.3, 0.4) is 0 Å². The third-order valence-corrected chi connectivity index (χ3v) is 4.81. The van der Waals surface area contributed by atoms with Crippen LogP contribution in [0.4, 0.5) is 5.69 Å². The van der Waals surface area contributed by atoms with Gasteiger partial charge in [-0.25, -0.2) is 0 Å². The first-order valence-corrected chi connectivity index (χ1v) is 8.46. The maximum Gasteiger partial charge on any atom is 0.255 e. The van der Waals surface area contributed by atoms with Crippen LogP contribution >= 0.6 is 0 Å². The van der Waals surface area contributed by atoms with E-state index < -0.39 is 24.0 Å². The summed E-state index contributed by atoms with van der Waals surface area (Å²) in [5.74, 6) is -0.748. The van der Waals surface area contributed by atoms with Crippen LogP contribution in [0.15, 0.2) is 24.3 Å². The van der Waals surface area contributed by atoms with E-state index in [9.17, 15) is 19.5 Å². The van der Waals surface area contributed by atoms with Crippen molar-refractivity contribution in [3.05, 3.63) is 29.8 Å². The number of hydrogen-bond donors (Lipinski definition) is 2. The topological polar surface area (TPSA) is 95.9 Å². The van der Waals surface area contributed by atoms with Crippen molar-refractivity contribution in [3.63, 3.8) is 0 Å². The Balaban J connectivity index is 1.69. The van der Waals surface area contributed by atoms with Crippen LogP contribution in [0.25, 0.3) is 0 Å². The van der Waals surface area contributed by atoms with Crippen molar-refractivity contribution in [2.45, 2.75) is 38.3 Å². The zero-order valence-corrected chi connectivity index (χ0v) is 14.1. The molecule has 0 radical (unpaired) electrons. The quantitative estimate of drug-likeness (QED) is 0.855. The molecule has 1 aliphatic heterocycles. The summed E-state index contributed by atoms with van der Waals surface area (Å²) in [7, 11) is 0. The van der Waals surface area contributed by atoms with Crippen molar-refractivity contribution in [2.75, 3.05) is 18.5 Å². The third-order valence-electron chi connectivity index (χ3n) is 4.81. The molecule has 25 heavy (non-hydrogen) atoms. The summed E-state index contributed by atoms with van der Waals surface area (Å²) in [4.78, 5) is 36.6. The van der Waals surface area contributed by atoms with E-state index in [0.29, 0.717) is 11.3 Å². The molecule has 7 heteroatoms. The Morgan fingerprint density at radius 1 is 1.28 bits per heavy atom. The summed E-state index contributed by atoms with van der Waals surface area (Å²) in [5, 5.41) is 13.4. The molecule has 2 aliphatic rings. The average molecular weight is 346 g/mol. The molecular formula is C18H22N2O5. The molecular weight excluding hydrogens is 324 g/mol. The Morgan fingerprint density at radius 2 is 1.96 bits per heavy atom. The van der Waals surface area contributed by atoms with Crippen molar-refractivity contribution in [3.8, 4) is 0 Å². The highest BCUT2D eigenvalue weighted by atomic mass is 16.5. The molecule has 2 atom stereocenters. The van der Waals surface area contributed by atoms with E-state index in [4.69, 9.17) is 4.74 Å². The third kappa shape index (κ3) is 3.72. The molecule has 1 aromatic carbocycles. The second-order valence-corrected chi connectivity index (χ2v) is 6.55. The average Bonchev–Trinajstić information content (AvgIpc) is 2.52. The van der Waals surface area contributed by atoms with Crippen LogP contribution in [-0.4, -0.2) is 47.0 Å². The largest absolute Gasteiger partial charge is 0.386 e. The van der Waals surface area contributed by atoms with Gasteiger partial charge in [0.05, 0.1) is 12.6 Å². The molecule has 1 saturated carbocycles. The van der Waals surface area contributed by atoms with E-state index >= 15 is 0 Å². The van der Waals surface area contributed by atoms with Crippen LogP contribution in [0, 0.1) is 5.92 Å². The van der Waals surface area contributed by atoms with Gasteiger partial charge in [0.25, 0.3) is 5.91 Å². The molecule has 2 N–H and O–H groups in total. The van der Waals surface area contributed by atoms with Crippen LogP contribution < -0.4 is 5.32 Å². The fourth-order valence-electron chi connectivity index (χ4n) is 3.14. The van der Waals surface area contributed by atoms with Crippen LogP contribution in [0.1, 0.15) is 37.9 Å². The van der Waals surface area contributed by atoms with Gasteiger partial charge in [0.15, 0.2) is 0 Å². The second-order valence-electron chi connectivity index (χ2n) is 6.55. The zero-order valence-electron chi connectivity index (χ0n) is 14.1. The molecule has 0 spiro atoms. The number of aliphatic hydroxyl groups is 1. The number of carbonyl (C=O) groups is 3. The van der Waals surface area contributed by atoms with Gasteiger partial charge < -0.3 is 15.2 Å². The molecule has 1 saturated heterocycles. The lowest BCUT2D eigenvalue weighted by Gasteiger charge is -2.36. The van der Waals surface area contributed by atoms with E-state index in [1.807, 2.05) is 0 Å². The molecule has 0 bridgehead atoms. The van der Waals surface area contributed by atoms with Gasteiger partial charge in [-0.15, -0.1) is 0 Å². The Bertz CT molecular complexity index is 669. The van der Waals surface area contributed by atoms with Crippen LogP contribution in [0.5, 0.6) is 0 Å². The van der Waals surface area contributed by atoms with E-state index in [0.717, 1.165) is 24.2 Å². The SMILES string of the molecule is CC(=O)N1C(=O)COC[C@@H]1[C@H](O)c1ccc(NC(=O)C2CCC2)cc1. The molecule has 0 aromatic heterocycles. The van der Waals surface area contributed by atoms with Crippen LogP contribution in [0.2, 0.25) is 0 Å². The normalized spacial score (nSPS) is 22.2. The van der Waals surface area contributed by atoms with Gasteiger partial charge in [-0.05, 0) is 30.5 Å². The molecule has 3 rings (SSSR count). The number of hydrogen-bond acceptors (Lipinski definition) is 5. The standard InChI is InChI=1S/C18H22N2O5/c1-11(21)20-15(9-25-10-16(20)22)17(23)12-5-7-14(8-6-12)19-18(24)13-3-2-4-13/h5-8,13,15,17,23H,2-4,9-10H2,1H3,(H,19,24)/t15-,17-/m1/s1. The van der Waals surface area contributed by atoms with Gasteiger partial charge in [0, 0.05) is 18.5 Å². The number of nitrogens with one attached hydrogen (secondary N) is 1. The highest BCUT2D eigenvalue weighted by molar-refractivity contribution is 5.95. The summed E-state index contributed by atoms with van der Waals surface area (Å²) in [6, 6.07) is 6.02. The Kier molecular flexibility index (Phi) is 5.15. The first-order chi connectivity index (χ1) is 12.0. The number of anilines is 1. The minimum absolute atomic E-state index is 0.0218. The number of ether oxygens (including phenoxy) is 1. The fraction of sp³-hybridized carbons (Fsp3) is 0.500. The number of amides is 3. The number of imide groups is 1. The van der Waals surface area contributed by atoms with E-state index in [1.54, 1.807) is 24.3 Å². The van der Waals surface area contributed by atoms with Crippen LogP contribution in [-0.2, 0) is 19.1 Å². The second kappa shape index (κ2) is 7.33. The maximum atomic E-state index is 12.0. The number of aliphatic hydroxyl groups excluding tert-OH is 1. The summed E-state index contributed by atoms with van der Waals surface area (Å²) < 4.78 is 5.18. The first-order valence-electron chi connectivity index (χ1n) is 8.46. The fourth-order valence-corrected chi connectivity index (χ4v) is 3.14. The molecule has 1 heterocycles. The molecule has 3 amide bonds. The zero-order chi connectivity index (χ0) is 18.0. The lowest BCUT2D eigenvalue weighted by molar-refractivity contribution is -0.163. The summed E-state index contributed by atoms with van der Waals surface area (Å²) in [6.07, 6.45) is 1.90. The molecule has 0 unspecified atom stereocenters. The number of rotatable bonds is 4. The lowest BCUT2D eigenvalue weighted by Crippen LogP contribution is -2.54. The number of nitrogens with zero attached hydrogens (tertiary/aromatic N) is 1. The van der Waals surface area contributed by atoms with E-state index in [-0.39, 0.29) is 25.0 Å². The summed E-state index contributed by atoms with van der Waals surface area (Å²) in [5.41, 5.74) is 1.21. The molecule has 134 valence electrons. The highest BCUT2D eigenvalue weighted by Gasteiger charge is 2.37. The first kappa shape index (κ1) is 17.6.